The average Bonchev–Trinajstić information content (AvgIpc) is 3.20. The molecule has 34 heavy (non-hydrogen) atoms. The summed E-state index contributed by atoms with van der Waals surface area (Å²) >= 11 is 0. The van der Waals surface area contributed by atoms with Gasteiger partial charge >= 0.3 is 0 Å². The van der Waals surface area contributed by atoms with E-state index in [9.17, 15) is 4.79 Å². The van der Waals surface area contributed by atoms with Gasteiger partial charge < -0.3 is 4.74 Å². The van der Waals surface area contributed by atoms with Gasteiger partial charge in [0.1, 0.15) is 5.75 Å². The SMILES string of the molecule is CC(=NNC(=O)COc1ccc(C(C)(C)CC(C)(C)C)cc1)c1ccc2c3c(cccc13)CC2. The van der Waals surface area contributed by atoms with Crippen LogP contribution < -0.4 is 10.2 Å². The summed E-state index contributed by atoms with van der Waals surface area (Å²) in [6.45, 7) is 13.2. The second kappa shape index (κ2) is 9.25. The highest BCUT2D eigenvalue weighted by Crippen LogP contribution is 2.37. The Morgan fingerprint density at radius 3 is 2.29 bits per heavy atom. The standard InChI is InChI=1S/C30H36N2O2/c1-20(25-17-12-22-11-10-21-8-7-9-26(25)28(21)22)31-32-27(33)18-34-24-15-13-23(14-16-24)30(5,6)19-29(2,3)4/h7-9,12-17H,10-11,18-19H2,1-6H3,(H,32,33). The van der Waals surface area contributed by atoms with Crippen LogP contribution in [0.5, 0.6) is 5.75 Å². The number of hydrogen-bond donors (Lipinski definition) is 1. The molecule has 0 saturated carbocycles. The summed E-state index contributed by atoms with van der Waals surface area (Å²) in [6.07, 6.45) is 3.27. The first-order valence-corrected chi connectivity index (χ1v) is 12.1. The van der Waals surface area contributed by atoms with E-state index in [1.54, 1.807) is 0 Å². The minimum Gasteiger partial charge on any atom is -0.484 e. The number of nitrogens with zero attached hydrogens (tertiary/aromatic N) is 1. The van der Waals surface area contributed by atoms with Gasteiger partial charge in [-0.2, -0.15) is 5.10 Å². The Balaban J connectivity index is 1.36. The van der Waals surface area contributed by atoms with Crippen molar-refractivity contribution in [3.05, 3.63) is 76.9 Å². The Bertz CT molecular complexity index is 1220. The predicted molar refractivity (Wildman–Crippen MR) is 141 cm³/mol. The number of aryl methyl sites for hydroxylation is 2. The molecule has 0 saturated heterocycles. The van der Waals surface area contributed by atoms with E-state index < -0.39 is 0 Å². The van der Waals surface area contributed by atoms with Crippen LogP contribution in [0.1, 0.15) is 70.2 Å². The zero-order valence-corrected chi connectivity index (χ0v) is 21.3. The van der Waals surface area contributed by atoms with E-state index in [1.165, 1.54) is 27.5 Å². The maximum atomic E-state index is 12.4. The van der Waals surface area contributed by atoms with Gasteiger partial charge in [-0.1, -0.05) is 77.1 Å². The van der Waals surface area contributed by atoms with Crippen molar-refractivity contribution < 1.29 is 9.53 Å². The first-order chi connectivity index (χ1) is 16.0. The smallest absolute Gasteiger partial charge is 0.277 e. The van der Waals surface area contributed by atoms with Crippen molar-refractivity contribution in [1.29, 1.82) is 0 Å². The normalized spacial score (nSPS) is 13.9. The number of carbonyl (C=O) groups excluding carboxylic acids is 1. The summed E-state index contributed by atoms with van der Waals surface area (Å²) in [4.78, 5) is 12.4. The summed E-state index contributed by atoms with van der Waals surface area (Å²) < 4.78 is 5.70. The Morgan fingerprint density at radius 1 is 0.941 bits per heavy atom. The monoisotopic (exact) mass is 456 g/mol. The second-order valence-electron chi connectivity index (χ2n) is 11.3. The van der Waals surface area contributed by atoms with Gasteiger partial charge in [-0.25, -0.2) is 5.43 Å². The molecule has 1 aliphatic rings. The molecule has 0 aliphatic heterocycles. The maximum Gasteiger partial charge on any atom is 0.277 e. The molecule has 0 atom stereocenters. The van der Waals surface area contributed by atoms with E-state index in [1.807, 2.05) is 19.1 Å². The summed E-state index contributed by atoms with van der Waals surface area (Å²) in [5, 5.41) is 6.90. The third-order valence-corrected chi connectivity index (χ3v) is 6.59. The number of rotatable bonds is 7. The molecule has 0 bridgehead atoms. The molecule has 0 radical (unpaired) electrons. The topological polar surface area (TPSA) is 50.7 Å². The molecule has 1 N–H and O–H groups in total. The van der Waals surface area contributed by atoms with Crippen molar-refractivity contribution in [2.75, 3.05) is 6.61 Å². The molecular weight excluding hydrogens is 420 g/mol. The average molecular weight is 457 g/mol. The molecule has 0 unspecified atom stereocenters. The van der Waals surface area contributed by atoms with Crippen LogP contribution in [-0.2, 0) is 23.1 Å². The fraction of sp³-hybridized carbons (Fsp3) is 0.400. The predicted octanol–water partition coefficient (Wildman–Crippen LogP) is 6.57. The third-order valence-electron chi connectivity index (χ3n) is 6.59. The second-order valence-corrected chi connectivity index (χ2v) is 11.3. The van der Waals surface area contributed by atoms with Gasteiger partial charge in [-0.05, 0) is 76.6 Å². The van der Waals surface area contributed by atoms with Crippen LogP contribution in [0.3, 0.4) is 0 Å². The Labute approximate surface area is 203 Å². The lowest BCUT2D eigenvalue weighted by atomic mass is 9.72. The van der Waals surface area contributed by atoms with Gasteiger partial charge in [0.25, 0.3) is 5.91 Å². The summed E-state index contributed by atoms with van der Waals surface area (Å²) in [7, 11) is 0. The lowest BCUT2D eigenvalue weighted by molar-refractivity contribution is -0.123. The summed E-state index contributed by atoms with van der Waals surface area (Å²) in [5.74, 6) is 0.404. The van der Waals surface area contributed by atoms with Crippen molar-refractivity contribution in [3.8, 4) is 5.75 Å². The highest BCUT2D eigenvalue weighted by Gasteiger charge is 2.27. The quantitative estimate of drug-likeness (QED) is 0.323. The summed E-state index contributed by atoms with van der Waals surface area (Å²) in [6, 6.07) is 18.8. The van der Waals surface area contributed by atoms with Crippen molar-refractivity contribution in [3.63, 3.8) is 0 Å². The fourth-order valence-electron chi connectivity index (χ4n) is 5.38. The zero-order valence-electron chi connectivity index (χ0n) is 21.3. The number of carbonyl (C=O) groups is 1. The Kier molecular flexibility index (Phi) is 6.53. The van der Waals surface area contributed by atoms with Crippen LogP contribution in [0, 0.1) is 5.41 Å². The molecule has 178 valence electrons. The van der Waals surface area contributed by atoms with Gasteiger partial charge in [-0.15, -0.1) is 0 Å². The van der Waals surface area contributed by atoms with Crippen LogP contribution in [0.4, 0.5) is 0 Å². The van der Waals surface area contributed by atoms with Gasteiger partial charge in [0.15, 0.2) is 6.61 Å². The fourth-order valence-corrected chi connectivity index (χ4v) is 5.38. The maximum absolute atomic E-state index is 12.4. The number of ether oxygens (including phenoxy) is 1. The number of benzene rings is 3. The van der Waals surface area contributed by atoms with Crippen LogP contribution in [0.15, 0.2) is 59.7 Å². The Hall–Kier alpha value is -3.14. The number of hydrogen-bond acceptors (Lipinski definition) is 3. The number of hydrazone groups is 1. The highest BCUT2D eigenvalue weighted by molar-refractivity contribution is 6.11. The van der Waals surface area contributed by atoms with Crippen LogP contribution in [0.25, 0.3) is 10.8 Å². The van der Waals surface area contributed by atoms with Crippen molar-refractivity contribution in [2.45, 2.75) is 66.2 Å². The molecule has 0 fully saturated rings. The van der Waals surface area contributed by atoms with Crippen LogP contribution in [0.2, 0.25) is 0 Å². The molecule has 0 heterocycles. The van der Waals surface area contributed by atoms with Crippen molar-refractivity contribution in [1.82, 2.24) is 5.43 Å². The van der Waals surface area contributed by atoms with E-state index in [-0.39, 0.29) is 23.3 Å². The molecule has 1 amide bonds. The van der Waals surface area contributed by atoms with Gasteiger partial charge in [-0.3, -0.25) is 4.79 Å². The van der Waals surface area contributed by atoms with E-state index in [4.69, 9.17) is 4.74 Å². The largest absolute Gasteiger partial charge is 0.484 e. The third kappa shape index (κ3) is 5.32. The lowest BCUT2D eigenvalue weighted by Crippen LogP contribution is -2.26. The molecule has 1 aliphatic carbocycles. The Morgan fingerprint density at radius 2 is 1.62 bits per heavy atom. The van der Waals surface area contributed by atoms with E-state index in [0.717, 1.165) is 30.5 Å². The van der Waals surface area contributed by atoms with Crippen LogP contribution >= 0.6 is 0 Å². The first kappa shape index (κ1) is 24.0. The first-order valence-electron chi connectivity index (χ1n) is 12.1. The van der Waals surface area contributed by atoms with E-state index in [0.29, 0.717) is 5.75 Å². The van der Waals surface area contributed by atoms with Gasteiger partial charge in [0, 0.05) is 5.56 Å². The van der Waals surface area contributed by atoms with Gasteiger partial charge in [0.05, 0.1) is 5.71 Å². The number of nitrogens with one attached hydrogen (secondary N) is 1. The zero-order chi connectivity index (χ0) is 24.5. The molecule has 3 aromatic carbocycles. The van der Waals surface area contributed by atoms with Gasteiger partial charge in [0.2, 0.25) is 0 Å². The molecule has 4 rings (SSSR count). The minimum atomic E-state index is -0.276. The highest BCUT2D eigenvalue weighted by atomic mass is 16.5. The molecule has 4 heteroatoms. The van der Waals surface area contributed by atoms with Crippen molar-refractivity contribution >= 4 is 22.4 Å². The van der Waals surface area contributed by atoms with Crippen LogP contribution in [-0.4, -0.2) is 18.2 Å². The molecule has 0 spiro atoms. The molecule has 4 nitrogen and oxygen atoms in total. The minimum absolute atomic E-state index is 0.0724. The van der Waals surface area contributed by atoms with Crippen molar-refractivity contribution in [2.24, 2.45) is 10.5 Å². The number of amides is 1. The molecule has 3 aromatic rings. The van der Waals surface area contributed by atoms with E-state index in [2.05, 4.69) is 87.6 Å². The lowest BCUT2D eigenvalue weighted by Gasteiger charge is -2.33. The molecular formula is C30H36N2O2. The van der Waals surface area contributed by atoms with E-state index >= 15 is 0 Å². The summed E-state index contributed by atoms with van der Waals surface area (Å²) in [5.41, 5.74) is 8.87. The molecule has 0 aromatic heterocycles.